The van der Waals surface area contributed by atoms with Crippen LogP contribution < -0.4 is 0 Å². The lowest BCUT2D eigenvalue weighted by Gasteiger charge is -2.20. The monoisotopic (exact) mass is 295 g/mol. The molecule has 0 N–H and O–H groups in total. The summed E-state index contributed by atoms with van der Waals surface area (Å²) in [5, 5.41) is 4.65. The molecule has 116 valence electrons. The van der Waals surface area contributed by atoms with E-state index in [-0.39, 0.29) is 0 Å². The Bertz CT molecular complexity index is 636. The average Bonchev–Trinajstić information content (AvgIpc) is 3.01. The zero-order valence-corrected chi connectivity index (χ0v) is 13.6. The number of benzene rings is 1. The Kier molecular flexibility index (Phi) is 4.74. The predicted molar refractivity (Wildman–Crippen MR) is 92.3 cm³/mol. The average molecular weight is 295 g/mol. The van der Waals surface area contributed by atoms with Gasteiger partial charge in [-0.1, -0.05) is 38.1 Å². The van der Waals surface area contributed by atoms with E-state index in [0.717, 1.165) is 31.7 Å². The van der Waals surface area contributed by atoms with Crippen molar-refractivity contribution in [2.75, 3.05) is 19.6 Å². The summed E-state index contributed by atoms with van der Waals surface area (Å²) in [6.07, 6.45) is 7.97. The molecule has 0 bridgehead atoms. The molecule has 1 aromatic carbocycles. The number of aromatic nitrogens is 2. The van der Waals surface area contributed by atoms with Gasteiger partial charge >= 0.3 is 0 Å². The molecule has 0 radical (unpaired) electrons. The van der Waals surface area contributed by atoms with Gasteiger partial charge in [0.15, 0.2) is 0 Å². The summed E-state index contributed by atoms with van der Waals surface area (Å²) in [4.78, 5) is 2.45. The third-order valence-electron chi connectivity index (χ3n) is 4.57. The minimum Gasteiger partial charge on any atom is -0.300 e. The standard InChI is InChI=1S/C19H25N3/c1-3-21(4-2)14-13-16-9-8-12-19-18(16)15-20-22(19)17-10-6-5-7-11-17/h5-7,10-11,13,15H,3-4,8-9,12,14H2,1-2H3/b16-13+. The minimum atomic E-state index is 1.04. The van der Waals surface area contributed by atoms with Crippen LogP contribution >= 0.6 is 0 Å². The van der Waals surface area contributed by atoms with Crippen molar-refractivity contribution in [3.05, 3.63) is 53.9 Å². The lowest BCUT2D eigenvalue weighted by atomic mass is 9.92. The van der Waals surface area contributed by atoms with Gasteiger partial charge in [-0.2, -0.15) is 5.10 Å². The largest absolute Gasteiger partial charge is 0.300 e. The number of hydrogen-bond acceptors (Lipinski definition) is 2. The second-order valence-electron chi connectivity index (χ2n) is 5.82. The molecule has 1 aliphatic rings. The smallest absolute Gasteiger partial charge is 0.0649 e. The van der Waals surface area contributed by atoms with E-state index in [9.17, 15) is 0 Å². The molecule has 2 aromatic rings. The van der Waals surface area contributed by atoms with E-state index in [0.29, 0.717) is 0 Å². The summed E-state index contributed by atoms with van der Waals surface area (Å²) in [7, 11) is 0. The van der Waals surface area contributed by atoms with E-state index in [1.54, 1.807) is 0 Å². The summed E-state index contributed by atoms with van der Waals surface area (Å²) in [6, 6.07) is 10.4. The maximum Gasteiger partial charge on any atom is 0.0649 e. The molecule has 1 aliphatic carbocycles. The normalized spacial score (nSPS) is 16.2. The number of fused-ring (bicyclic) bond motifs is 1. The molecule has 0 fully saturated rings. The molecule has 0 saturated carbocycles. The third-order valence-corrected chi connectivity index (χ3v) is 4.57. The fourth-order valence-corrected chi connectivity index (χ4v) is 3.19. The zero-order chi connectivity index (χ0) is 15.4. The number of hydrogen-bond donors (Lipinski definition) is 0. The first-order valence-electron chi connectivity index (χ1n) is 8.37. The molecule has 22 heavy (non-hydrogen) atoms. The van der Waals surface area contributed by atoms with Crippen molar-refractivity contribution in [3.8, 4) is 5.69 Å². The summed E-state index contributed by atoms with van der Waals surface area (Å²) in [5.41, 5.74) is 5.34. The highest BCUT2D eigenvalue weighted by atomic mass is 15.3. The first kappa shape index (κ1) is 15.0. The summed E-state index contributed by atoms with van der Waals surface area (Å²) in [5.74, 6) is 0. The molecule has 0 saturated heterocycles. The Morgan fingerprint density at radius 1 is 1.14 bits per heavy atom. The molecular formula is C19H25N3. The first-order chi connectivity index (χ1) is 10.8. The molecule has 1 heterocycles. The zero-order valence-electron chi connectivity index (χ0n) is 13.6. The maximum absolute atomic E-state index is 4.65. The first-order valence-corrected chi connectivity index (χ1v) is 8.37. The molecule has 0 spiro atoms. The van der Waals surface area contributed by atoms with Crippen LogP contribution in [0.15, 0.2) is 42.6 Å². The van der Waals surface area contributed by atoms with Crippen LogP contribution in [0.4, 0.5) is 0 Å². The number of likely N-dealkylation sites (N-methyl/N-ethyl adjacent to an activating group) is 1. The topological polar surface area (TPSA) is 21.1 Å². The summed E-state index contributed by atoms with van der Waals surface area (Å²) < 4.78 is 2.11. The molecule has 3 nitrogen and oxygen atoms in total. The molecule has 0 amide bonds. The highest BCUT2D eigenvalue weighted by molar-refractivity contribution is 5.69. The van der Waals surface area contributed by atoms with Crippen LogP contribution in [0.2, 0.25) is 0 Å². The highest BCUT2D eigenvalue weighted by Gasteiger charge is 2.19. The Morgan fingerprint density at radius 2 is 1.91 bits per heavy atom. The molecule has 1 aromatic heterocycles. The quantitative estimate of drug-likeness (QED) is 0.833. The van der Waals surface area contributed by atoms with Gasteiger partial charge in [0.2, 0.25) is 0 Å². The molecule has 0 unspecified atom stereocenters. The SMILES string of the molecule is CCN(CC)C/C=C1\CCCc2c1cnn2-c1ccccc1. The Hall–Kier alpha value is -1.87. The lowest BCUT2D eigenvalue weighted by molar-refractivity contribution is 0.337. The van der Waals surface area contributed by atoms with Gasteiger partial charge in [-0.3, -0.25) is 0 Å². The number of allylic oxidation sites excluding steroid dienone is 1. The van der Waals surface area contributed by atoms with Crippen molar-refractivity contribution in [2.45, 2.75) is 33.1 Å². The number of rotatable bonds is 5. The fourth-order valence-electron chi connectivity index (χ4n) is 3.19. The third kappa shape index (κ3) is 3.00. The van der Waals surface area contributed by atoms with Gasteiger partial charge in [-0.25, -0.2) is 4.68 Å². The van der Waals surface area contributed by atoms with Crippen molar-refractivity contribution in [3.63, 3.8) is 0 Å². The second kappa shape index (κ2) is 6.93. The molecule has 0 aliphatic heterocycles. The molecular weight excluding hydrogens is 270 g/mol. The van der Waals surface area contributed by atoms with Crippen LogP contribution in [0.1, 0.15) is 37.9 Å². The van der Waals surface area contributed by atoms with Gasteiger partial charge in [0.05, 0.1) is 17.6 Å². The van der Waals surface area contributed by atoms with Gasteiger partial charge < -0.3 is 4.90 Å². The molecule has 0 atom stereocenters. The van der Waals surface area contributed by atoms with Crippen LogP contribution in [0, 0.1) is 0 Å². The fraction of sp³-hybridized carbons (Fsp3) is 0.421. The van der Waals surface area contributed by atoms with E-state index in [2.05, 4.69) is 71.1 Å². The predicted octanol–water partition coefficient (Wildman–Crippen LogP) is 3.93. The van der Waals surface area contributed by atoms with Gasteiger partial charge in [0.25, 0.3) is 0 Å². The van der Waals surface area contributed by atoms with E-state index in [1.807, 2.05) is 0 Å². The Balaban J connectivity index is 1.89. The van der Waals surface area contributed by atoms with Crippen molar-refractivity contribution < 1.29 is 0 Å². The number of nitrogens with zero attached hydrogens (tertiary/aromatic N) is 3. The van der Waals surface area contributed by atoms with Crippen molar-refractivity contribution >= 4 is 5.57 Å². The van der Waals surface area contributed by atoms with E-state index < -0.39 is 0 Å². The minimum absolute atomic E-state index is 1.04. The van der Waals surface area contributed by atoms with Crippen LogP contribution in [0.25, 0.3) is 11.3 Å². The lowest BCUT2D eigenvalue weighted by Crippen LogP contribution is -2.23. The van der Waals surface area contributed by atoms with Gasteiger partial charge in [0.1, 0.15) is 0 Å². The molecule has 3 heteroatoms. The second-order valence-corrected chi connectivity index (χ2v) is 5.82. The number of para-hydroxylation sites is 1. The summed E-state index contributed by atoms with van der Waals surface area (Å²) >= 11 is 0. The van der Waals surface area contributed by atoms with E-state index >= 15 is 0 Å². The Labute approximate surface area is 133 Å². The highest BCUT2D eigenvalue weighted by Crippen LogP contribution is 2.31. The van der Waals surface area contributed by atoms with Gasteiger partial charge in [-0.05, 0) is 50.1 Å². The van der Waals surface area contributed by atoms with Crippen LogP contribution in [-0.4, -0.2) is 34.3 Å². The van der Waals surface area contributed by atoms with E-state index in [1.165, 1.54) is 29.7 Å². The van der Waals surface area contributed by atoms with E-state index in [4.69, 9.17) is 0 Å². The van der Waals surface area contributed by atoms with Crippen LogP contribution in [0.3, 0.4) is 0 Å². The molecule has 3 rings (SSSR count). The van der Waals surface area contributed by atoms with Crippen molar-refractivity contribution in [2.24, 2.45) is 0 Å². The maximum atomic E-state index is 4.65. The van der Waals surface area contributed by atoms with Crippen molar-refractivity contribution in [1.29, 1.82) is 0 Å². The summed E-state index contributed by atoms with van der Waals surface area (Å²) in [6.45, 7) is 7.70. The van der Waals surface area contributed by atoms with Gasteiger partial charge in [0, 0.05) is 12.1 Å². The van der Waals surface area contributed by atoms with Crippen LogP contribution in [0.5, 0.6) is 0 Å². The van der Waals surface area contributed by atoms with Crippen LogP contribution in [-0.2, 0) is 6.42 Å². The van der Waals surface area contributed by atoms with Gasteiger partial charge in [-0.15, -0.1) is 0 Å². The Morgan fingerprint density at radius 3 is 2.64 bits per heavy atom. The van der Waals surface area contributed by atoms with Crippen molar-refractivity contribution in [1.82, 2.24) is 14.7 Å².